The smallest absolute Gasteiger partial charge is 0.332 e. The van der Waals surface area contributed by atoms with Crippen LogP contribution in [0.2, 0.25) is 0 Å². The van der Waals surface area contributed by atoms with E-state index < -0.39 is 11.9 Å². The Bertz CT molecular complexity index is 245. The quantitative estimate of drug-likeness (QED) is 0.734. The molecule has 0 saturated heterocycles. The van der Waals surface area contributed by atoms with Crippen molar-refractivity contribution in [2.24, 2.45) is 0 Å². The zero-order valence-corrected chi connectivity index (χ0v) is 9.54. The third kappa shape index (κ3) is 6.74. The molecule has 0 bridgehead atoms. The minimum atomic E-state index is -1.14. The van der Waals surface area contributed by atoms with Crippen LogP contribution in [0.4, 0.5) is 0 Å². The van der Waals surface area contributed by atoms with Crippen molar-refractivity contribution in [2.45, 2.75) is 26.7 Å². The summed E-state index contributed by atoms with van der Waals surface area (Å²) in [6.07, 6.45) is 0.482. The molecule has 0 aliphatic carbocycles. The molecule has 0 aromatic heterocycles. The van der Waals surface area contributed by atoms with Gasteiger partial charge in [-0.1, -0.05) is 32.0 Å². The van der Waals surface area contributed by atoms with Crippen LogP contribution in [0, 0.1) is 0 Å². The fraction of sp³-hybridized carbons (Fsp3) is 0.400. The molecule has 0 rings (SSSR count). The third-order valence-corrected chi connectivity index (χ3v) is 1.59. The van der Waals surface area contributed by atoms with Crippen molar-refractivity contribution in [1.82, 2.24) is 0 Å². The largest absolute Gasteiger partial charge is 0.478 e. The van der Waals surface area contributed by atoms with Crippen LogP contribution in [0.3, 0.4) is 0 Å². The summed E-state index contributed by atoms with van der Waals surface area (Å²) in [7, 11) is 0. The first-order valence-electron chi connectivity index (χ1n) is 4.35. The van der Waals surface area contributed by atoms with Crippen LogP contribution in [-0.4, -0.2) is 22.2 Å². The van der Waals surface area contributed by atoms with Gasteiger partial charge in [0.05, 0.1) is 0 Å². The molecule has 0 heterocycles. The summed E-state index contributed by atoms with van der Waals surface area (Å²) in [5.41, 5.74) is 1.20. The number of halogens is 1. The van der Waals surface area contributed by atoms with E-state index in [1.165, 1.54) is 5.54 Å². The van der Waals surface area contributed by atoms with Gasteiger partial charge in [0.15, 0.2) is 0 Å². The minimum Gasteiger partial charge on any atom is -0.478 e. The van der Waals surface area contributed by atoms with E-state index in [9.17, 15) is 9.59 Å². The number of aliphatic carboxylic acids is 2. The molecular formula is C10H15ClO4. The molecule has 0 saturated carbocycles. The molecule has 0 aromatic carbocycles. The zero-order chi connectivity index (χ0) is 12.4. The maximum atomic E-state index is 10.5. The van der Waals surface area contributed by atoms with Gasteiger partial charge < -0.3 is 10.2 Å². The SMILES string of the molecule is C=CCl.CC/C(C(=O)O)=C(/CC)C(=O)O. The van der Waals surface area contributed by atoms with Crippen LogP contribution in [-0.2, 0) is 9.59 Å². The molecule has 0 fully saturated rings. The molecule has 15 heavy (non-hydrogen) atoms. The van der Waals surface area contributed by atoms with Gasteiger partial charge in [-0.25, -0.2) is 9.59 Å². The summed E-state index contributed by atoms with van der Waals surface area (Å²) in [6.45, 7) is 6.38. The molecule has 0 aromatic rings. The summed E-state index contributed by atoms with van der Waals surface area (Å²) in [6, 6.07) is 0. The van der Waals surface area contributed by atoms with E-state index in [1.807, 2.05) is 0 Å². The van der Waals surface area contributed by atoms with E-state index in [2.05, 4.69) is 6.58 Å². The molecule has 0 amide bonds. The second-order valence-corrected chi connectivity index (χ2v) is 2.74. The van der Waals surface area contributed by atoms with Crippen molar-refractivity contribution in [3.8, 4) is 0 Å². The monoisotopic (exact) mass is 234 g/mol. The van der Waals surface area contributed by atoms with E-state index in [0.29, 0.717) is 0 Å². The number of hydrogen-bond donors (Lipinski definition) is 2. The molecule has 0 spiro atoms. The van der Waals surface area contributed by atoms with Crippen molar-refractivity contribution in [3.63, 3.8) is 0 Å². The van der Waals surface area contributed by atoms with Crippen LogP contribution in [0.25, 0.3) is 0 Å². The lowest BCUT2D eigenvalue weighted by molar-refractivity contribution is -0.136. The van der Waals surface area contributed by atoms with Gasteiger partial charge in [0.2, 0.25) is 0 Å². The standard InChI is InChI=1S/C8H12O4.C2H3Cl/c1-3-5(7(9)10)6(4-2)8(11)12;1-2-3/h3-4H2,1-2H3,(H,9,10)(H,11,12);2H,1H2/b6-5+;. The molecule has 0 atom stereocenters. The van der Waals surface area contributed by atoms with E-state index >= 15 is 0 Å². The molecule has 0 aliphatic heterocycles. The van der Waals surface area contributed by atoms with Crippen LogP contribution in [0.1, 0.15) is 26.7 Å². The summed E-state index contributed by atoms with van der Waals surface area (Å²) in [4.78, 5) is 21.0. The summed E-state index contributed by atoms with van der Waals surface area (Å²) in [5, 5.41) is 17.2. The molecule has 0 unspecified atom stereocenters. The Kier molecular flexibility index (Phi) is 9.98. The van der Waals surface area contributed by atoms with E-state index in [0.717, 1.165) is 0 Å². The Labute approximate surface area is 93.9 Å². The van der Waals surface area contributed by atoms with E-state index in [-0.39, 0.29) is 24.0 Å². The fourth-order valence-corrected chi connectivity index (χ4v) is 0.987. The van der Waals surface area contributed by atoms with Gasteiger partial charge in [-0.3, -0.25) is 0 Å². The Morgan fingerprint density at radius 3 is 1.40 bits per heavy atom. The van der Waals surface area contributed by atoms with Gasteiger partial charge in [0.1, 0.15) is 0 Å². The van der Waals surface area contributed by atoms with Gasteiger partial charge in [-0.05, 0) is 18.4 Å². The highest BCUT2D eigenvalue weighted by molar-refractivity contribution is 6.25. The summed E-state index contributed by atoms with van der Waals surface area (Å²) >= 11 is 4.76. The highest BCUT2D eigenvalue weighted by Gasteiger charge is 2.16. The lowest BCUT2D eigenvalue weighted by atomic mass is 10.0. The average Bonchev–Trinajstić information content (AvgIpc) is 2.13. The van der Waals surface area contributed by atoms with Crippen molar-refractivity contribution >= 4 is 23.5 Å². The maximum Gasteiger partial charge on any atom is 0.332 e. The molecule has 0 aliphatic rings. The maximum absolute atomic E-state index is 10.5. The number of carboxylic acid groups (broad SMARTS) is 2. The lowest BCUT2D eigenvalue weighted by Crippen LogP contribution is -2.10. The van der Waals surface area contributed by atoms with E-state index in [4.69, 9.17) is 21.8 Å². The summed E-state index contributed by atoms with van der Waals surface area (Å²) < 4.78 is 0. The molecule has 86 valence electrons. The fourth-order valence-electron chi connectivity index (χ4n) is 0.987. The molecule has 5 heteroatoms. The van der Waals surface area contributed by atoms with Gasteiger partial charge in [-0.2, -0.15) is 0 Å². The zero-order valence-electron chi connectivity index (χ0n) is 8.79. The molecule has 0 radical (unpaired) electrons. The van der Waals surface area contributed by atoms with Crippen molar-refractivity contribution in [2.75, 3.05) is 0 Å². The van der Waals surface area contributed by atoms with E-state index in [1.54, 1.807) is 13.8 Å². The van der Waals surface area contributed by atoms with Gasteiger partial charge >= 0.3 is 11.9 Å². The highest BCUT2D eigenvalue weighted by Crippen LogP contribution is 2.12. The lowest BCUT2D eigenvalue weighted by Gasteiger charge is -2.03. The first-order valence-corrected chi connectivity index (χ1v) is 4.79. The van der Waals surface area contributed by atoms with Crippen LogP contribution < -0.4 is 0 Å². The Morgan fingerprint density at radius 2 is 1.33 bits per heavy atom. The molecule has 2 N–H and O–H groups in total. The second kappa shape index (κ2) is 9.27. The highest BCUT2D eigenvalue weighted by atomic mass is 35.5. The third-order valence-electron chi connectivity index (χ3n) is 1.59. The van der Waals surface area contributed by atoms with Crippen LogP contribution >= 0.6 is 11.6 Å². The minimum absolute atomic E-state index is 0.00926. The van der Waals surface area contributed by atoms with Crippen molar-refractivity contribution in [1.29, 1.82) is 0 Å². The topological polar surface area (TPSA) is 74.6 Å². The number of hydrogen-bond acceptors (Lipinski definition) is 2. The summed E-state index contributed by atoms with van der Waals surface area (Å²) in [5.74, 6) is -2.28. The predicted octanol–water partition coefficient (Wildman–Crippen LogP) is 2.64. The molecular weight excluding hydrogens is 220 g/mol. The average molecular weight is 235 g/mol. The van der Waals surface area contributed by atoms with Crippen LogP contribution in [0.5, 0.6) is 0 Å². The Hall–Kier alpha value is -1.29. The molecule has 4 nitrogen and oxygen atoms in total. The number of carboxylic acids is 2. The second-order valence-electron chi connectivity index (χ2n) is 2.43. The van der Waals surface area contributed by atoms with Crippen molar-refractivity contribution in [3.05, 3.63) is 23.3 Å². The Morgan fingerprint density at radius 1 is 1.13 bits per heavy atom. The first kappa shape index (κ1) is 16.2. The van der Waals surface area contributed by atoms with Crippen molar-refractivity contribution < 1.29 is 19.8 Å². The normalized spacial score (nSPS) is 10.6. The van der Waals surface area contributed by atoms with Gasteiger partial charge in [-0.15, -0.1) is 0 Å². The van der Waals surface area contributed by atoms with Crippen LogP contribution in [0.15, 0.2) is 23.3 Å². The number of rotatable bonds is 4. The van der Waals surface area contributed by atoms with Gasteiger partial charge in [0, 0.05) is 11.1 Å². The predicted molar refractivity (Wildman–Crippen MR) is 58.9 cm³/mol. The number of carbonyl (C=O) groups is 2. The van der Waals surface area contributed by atoms with Gasteiger partial charge in [0.25, 0.3) is 0 Å². The Balaban J connectivity index is 0. The first-order chi connectivity index (χ1) is 6.95.